The van der Waals surface area contributed by atoms with Crippen LogP contribution in [0.4, 0.5) is 4.39 Å². The molecule has 66 valence electrons. The first-order valence-corrected chi connectivity index (χ1v) is 4.31. The van der Waals surface area contributed by atoms with E-state index < -0.39 is 5.67 Å². The first kappa shape index (κ1) is 8.94. The Labute approximate surface area is 67.6 Å². The van der Waals surface area contributed by atoms with Gasteiger partial charge >= 0.3 is 0 Å². The fourth-order valence-electron chi connectivity index (χ4n) is 1.47. The molecule has 0 aromatic rings. The fraction of sp³-hybridized carbons (Fsp3) is 1.00. The highest BCUT2D eigenvalue weighted by Gasteiger charge is 2.30. The zero-order valence-corrected chi connectivity index (χ0v) is 7.12. The van der Waals surface area contributed by atoms with Crippen LogP contribution in [0.15, 0.2) is 0 Å². The van der Waals surface area contributed by atoms with Gasteiger partial charge < -0.3 is 10.6 Å². The molecule has 1 fully saturated rings. The zero-order chi connectivity index (χ0) is 8.16. The van der Waals surface area contributed by atoms with Gasteiger partial charge in [0, 0.05) is 0 Å². The van der Waals surface area contributed by atoms with Crippen molar-refractivity contribution >= 4 is 0 Å². The van der Waals surface area contributed by atoms with Crippen LogP contribution in [0.2, 0.25) is 0 Å². The van der Waals surface area contributed by atoms with Gasteiger partial charge in [-0.15, -0.1) is 0 Å². The van der Waals surface area contributed by atoms with Crippen molar-refractivity contribution in [1.82, 2.24) is 10.6 Å². The summed E-state index contributed by atoms with van der Waals surface area (Å²) in [4.78, 5) is 0. The number of hydrogen-bond acceptors (Lipinski definition) is 2. The van der Waals surface area contributed by atoms with Crippen LogP contribution in [-0.4, -0.2) is 32.4 Å². The molecule has 0 bridgehead atoms. The highest BCUT2D eigenvalue weighted by Crippen LogP contribution is 2.26. The minimum Gasteiger partial charge on any atom is -0.320 e. The Morgan fingerprint density at radius 3 is 2.64 bits per heavy atom. The van der Waals surface area contributed by atoms with Gasteiger partial charge in [0.2, 0.25) is 0 Å². The Balaban J connectivity index is 2.25. The monoisotopic (exact) mass is 160 g/mol. The van der Waals surface area contributed by atoms with Gasteiger partial charge in [-0.2, -0.15) is 0 Å². The molecule has 0 radical (unpaired) electrons. The molecule has 3 heteroatoms. The second-order valence-corrected chi connectivity index (χ2v) is 3.25. The molecular formula is C8H17FN2. The molecule has 0 aliphatic carbocycles. The lowest BCUT2D eigenvalue weighted by Crippen LogP contribution is -2.40. The fourth-order valence-corrected chi connectivity index (χ4v) is 1.47. The van der Waals surface area contributed by atoms with Gasteiger partial charge in [0.1, 0.15) is 5.67 Å². The Bertz CT molecular complexity index is 111. The molecule has 0 aromatic heterocycles. The summed E-state index contributed by atoms with van der Waals surface area (Å²) >= 11 is 0. The molecule has 1 rings (SSSR count). The van der Waals surface area contributed by atoms with Crippen LogP contribution in [-0.2, 0) is 0 Å². The molecule has 0 atom stereocenters. The molecule has 0 aromatic carbocycles. The largest absolute Gasteiger partial charge is 0.320 e. The molecule has 0 amide bonds. The van der Waals surface area contributed by atoms with Crippen molar-refractivity contribution in [3.63, 3.8) is 0 Å². The van der Waals surface area contributed by atoms with E-state index in [0.717, 1.165) is 19.6 Å². The van der Waals surface area contributed by atoms with Gasteiger partial charge in [0.15, 0.2) is 0 Å². The van der Waals surface area contributed by atoms with Crippen molar-refractivity contribution in [2.24, 2.45) is 0 Å². The van der Waals surface area contributed by atoms with Gasteiger partial charge in [-0.1, -0.05) is 0 Å². The Morgan fingerprint density at radius 2 is 2.09 bits per heavy atom. The summed E-state index contributed by atoms with van der Waals surface area (Å²) in [5.41, 5.74) is -0.895. The van der Waals surface area contributed by atoms with E-state index in [1.165, 1.54) is 0 Å². The summed E-state index contributed by atoms with van der Waals surface area (Å²) in [6.07, 6.45) is 2.01. The number of hydrogen-bond donors (Lipinski definition) is 2. The third kappa shape index (κ3) is 2.75. The van der Waals surface area contributed by atoms with Crippen LogP contribution in [0.5, 0.6) is 0 Å². The Kier molecular flexibility index (Phi) is 3.27. The van der Waals surface area contributed by atoms with Gasteiger partial charge in [-0.05, 0) is 45.9 Å². The molecule has 1 heterocycles. The lowest BCUT2D eigenvalue weighted by molar-refractivity contribution is 0.105. The van der Waals surface area contributed by atoms with E-state index in [9.17, 15) is 4.39 Å². The van der Waals surface area contributed by atoms with E-state index in [-0.39, 0.29) is 0 Å². The van der Waals surface area contributed by atoms with Crippen molar-refractivity contribution in [3.05, 3.63) is 0 Å². The first-order chi connectivity index (χ1) is 5.27. The predicted molar refractivity (Wildman–Crippen MR) is 44.5 cm³/mol. The van der Waals surface area contributed by atoms with Crippen molar-refractivity contribution in [2.75, 3.05) is 26.7 Å². The highest BCUT2D eigenvalue weighted by atomic mass is 19.1. The quantitative estimate of drug-likeness (QED) is 0.634. The van der Waals surface area contributed by atoms with Crippen molar-refractivity contribution < 1.29 is 4.39 Å². The molecule has 1 aliphatic rings. The average molecular weight is 160 g/mol. The third-order valence-corrected chi connectivity index (χ3v) is 2.32. The number of piperidine rings is 1. The van der Waals surface area contributed by atoms with E-state index in [2.05, 4.69) is 10.6 Å². The number of alkyl halides is 1. The van der Waals surface area contributed by atoms with Gasteiger partial charge in [0.25, 0.3) is 0 Å². The summed E-state index contributed by atoms with van der Waals surface area (Å²) in [7, 11) is 1.87. The summed E-state index contributed by atoms with van der Waals surface area (Å²) in [5.74, 6) is 0. The van der Waals surface area contributed by atoms with Gasteiger partial charge in [0.05, 0.1) is 0 Å². The highest BCUT2D eigenvalue weighted by molar-refractivity contribution is 4.84. The van der Waals surface area contributed by atoms with E-state index >= 15 is 0 Å². The lowest BCUT2D eigenvalue weighted by Gasteiger charge is -2.29. The number of halogens is 1. The third-order valence-electron chi connectivity index (χ3n) is 2.32. The van der Waals surface area contributed by atoms with Crippen LogP contribution in [0, 0.1) is 0 Å². The summed E-state index contributed by atoms with van der Waals surface area (Å²) < 4.78 is 13.7. The smallest absolute Gasteiger partial charge is 0.114 e. The van der Waals surface area contributed by atoms with Crippen LogP contribution >= 0.6 is 0 Å². The van der Waals surface area contributed by atoms with Crippen LogP contribution < -0.4 is 10.6 Å². The topological polar surface area (TPSA) is 24.1 Å². The molecule has 2 N–H and O–H groups in total. The minimum absolute atomic E-state index is 0.658. The molecule has 1 aliphatic heterocycles. The normalized spacial score (nSPS) is 23.5. The predicted octanol–water partition coefficient (Wildman–Crippen LogP) is 0.688. The van der Waals surface area contributed by atoms with Crippen molar-refractivity contribution in [3.8, 4) is 0 Å². The maximum absolute atomic E-state index is 13.7. The van der Waals surface area contributed by atoms with E-state index in [0.29, 0.717) is 19.3 Å². The Hall–Kier alpha value is -0.150. The number of rotatable bonds is 3. The molecule has 0 saturated carbocycles. The van der Waals surface area contributed by atoms with Gasteiger partial charge in [-0.25, -0.2) is 4.39 Å². The average Bonchev–Trinajstić information content (AvgIpc) is 2.03. The summed E-state index contributed by atoms with van der Waals surface area (Å²) in [5, 5.41) is 6.14. The molecule has 1 saturated heterocycles. The summed E-state index contributed by atoms with van der Waals surface area (Å²) in [6.45, 7) is 2.46. The Morgan fingerprint density at radius 1 is 1.45 bits per heavy atom. The SMILES string of the molecule is CNCCC1(F)CCNCC1. The molecule has 2 nitrogen and oxygen atoms in total. The molecule has 0 spiro atoms. The van der Waals surface area contributed by atoms with Gasteiger partial charge in [-0.3, -0.25) is 0 Å². The van der Waals surface area contributed by atoms with E-state index in [1.807, 2.05) is 7.05 Å². The first-order valence-electron chi connectivity index (χ1n) is 4.31. The lowest BCUT2D eigenvalue weighted by atomic mass is 9.91. The van der Waals surface area contributed by atoms with Crippen LogP contribution in [0.3, 0.4) is 0 Å². The molecular weight excluding hydrogens is 143 g/mol. The standard InChI is InChI=1S/C8H17FN2/c1-10-5-2-8(9)3-6-11-7-4-8/h10-11H,2-7H2,1H3. The zero-order valence-electron chi connectivity index (χ0n) is 7.12. The second-order valence-electron chi connectivity index (χ2n) is 3.25. The van der Waals surface area contributed by atoms with E-state index in [1.54, 1.807) is 0 Å². The minimum atomic E-state index is -0.895. The number of nitrogens with one attached hydrogen (secondary N) is 2. The maximum Gasteiger partial charge on any atom is 0.114 e. The van der Waals surface area contributed by atoms with E-state index in [4.69, 9.17) is 0 Å². The van der Waals surface area contributed by atoms with Crippen LogP contribution in [0.25, 0.3) is 0 Å². The van der Waals surface area contributed by atoms with Crippen molar-refractivity contribution in [1.29, 1.82) is 0 Å². The molecule has 0 unspecified atom stereocenters. The van der Waals surface area contributed by atoms with Crippen molar-refractivity contribution in [2.45, 2.75) is 24.9 Å². The molecule has 11 heavy (non-hydrogen) atoms. The maximum atomic E-state index is 13.7. The summed E-state index contributed by atoms with van der Waals surface area (Å²) in [6, 6.07) is 0. The van der Waals surface area contributed by atoms with Crippen LogP contribution in [0.1, 0.15) is 19.3 Å². The second kappa shape index (κ2) is 4.02.